The number of carbonyl (C=O) groups is 2. The fourth-order valence-corrected chi connectivity index (χ4v) is 3.37. The van der Waals surface area contributed by atoms with Gasteiger partial charge in [0.15, 0.2) is 0 Å². The Bertz CT molecular complexity index is 932. The predicted molar refractivity (Wildman–Crippen MR) is 98.7 cm³/mol. The molecular formula is C19H17NO4S. The smallest absolute Gasteiger partial charge is 0.340 e. The van der Waals surface area contributed by atoms with Crippen molar-refractivity contribution in [1.82, 2.24) is 0 Å². The van der Waals surface area contributed by atoms with Crippen LogP contribution in [0.5, 0.6) is 5.75 Å². The molecule has 0 radical (unpaired) electrons. The minimum absolute atomic E-state index is 0.326. The van der Waals surface area contributed by atoms with E-state index in [-0.39, 0.29) is 5.91 Å². The lowest BCUT2D eigenvalue weighted by Gasteiger charge is -2.13. The lowest BCUT2D eigenvalue weighted by molar-refractivity contribution is 0.0602. The molecule has 1 aromatic heterocycles. The van der Waals surface area contributed by atoms with Gasteiger partial charge in [-0.2, -0.15) is 0 Å². The van der Waals surface area contributed by atoms with Crippen molar-refractivity contribution in [2.24, 2.45) is 0 Å². The second-order valence-electron chi connectivity index (χ2n) is 5.20. The van der Waals surface area contributed by atoms with Gasteiger partial charge < -0.3 is 14.8 Å². The first-order valence-corrected chi connectivity index (χ1v) is 8.65. The summed E-state index contributed by atoms with van der Waals surface area (Å²) in [5.74, 6) is -0.303. The molecule has 6 heteroatoms. The fraction of sp³-hybridized carbons (Fsp3) is 0.158. The molecule has 2 aromatic carbocycles. The van der Waals surface area contributed by atoms with E-state index in [1.54, 1.807) is 17.5 Å². The third kappa shape index (κ3) is 3.34. The molecule has 1 amide bonds. The standard InChI is InChI=1S/C19H17NO4S/c1-3-24-15-9-8-12-6-4-5-7-13(12)16(15)17(21)20-18-14(10-11-25-18)19(22)23-2/h4-11H,3H2,1-2H3,(H,20,21). The molecular weight excluding hydrogens is 338 g/mol. The van der Waals surface area contributed by atoms with Crippen molar-refractivity contribution in [2.75, 3.05) is 19.0 Å². The normalized spacial score (nSPS) is 10.5. The average molecular weight is 355 g/mol. The lowest BCUT2D eigenvalue weighted by Crippen LogP contribution is -2.15. The van der Waals surface area contributed by atoms with Gasteiger partial charge in [0.25, 0.3) is 5.91 Å². The van der Waals surface area contributed by atoms with E-state index in [9.17, 15) is 9.59 Å². The molecule has 0 unspecified atom stereocenters. The molecule has 128 valence electrons. The van der Waals surface area contributed by atoms with E-state index in [1.165, 1.54) is 18.4 Å². The van der Waals surface area contributed by atoms with Crippen LogP contribution in [0.2, 0.25) is 0 Å². The number of carbonyl (C=O) groups excluding carboxylic acids is 2. The molecule has 0 saturated heterocycles. The maximum absolute atomic E-state index is 12.9. The van der Waals surface area contributed by atoms with Gasteiger partial charge >= 0.3 is 5.97 Å². The van der Waals surface area contributed by atoms with Gasteiger partial charge in [-0.3, -0.25) is 4.79 Å². The Hall–Kier alpha value is -2.86. The largest absolute Gasteiger partial charge is 0.493 e. The highest BCUT2D eigenvalue weighted by Crippen LogP contribution is 2.31. The van der Waals surface area contributed by atoms with E-state index in [0.717, 1.165) is 10.8 Å². The van der Waals surface area contributed by atoms with Gasteiger partial charge in [-0.25, -0.2) is 4.79 Å². The van der Waals surface area contributed by atoms with Gasteiger partial charge in [-0.15, -0.1) is 11.3 Å². The van der Waals surface area contributed by atoms with E-state index >= 15 is 0 Å². The van der Waals surface area contributed by atoms with E-state index in [1.807, 2.05) is 37.3 Å². The van der Waals surface area contributed by atoms with Gasteiger partial charge in [0.05, 0.1) is 24.8 Å². The summed E-state index contributed by atoms with van der Waals surface area (Å²) in [5.41, 5.74) is 0.781. The number of fused-ring (bicyclic) bond motifs is 1. The molecule has 3 rings (SSSR count). The van der Waals surface area contributed by atoms with Crippen LogP contribution in [0, 0.1) is 0 Å². The summed E-state index contributed by atoms with van der Waals surface area (Å²) in [7, 11) is 1.31. The molecule has 0 spiro atoms. The minimum atomic E-state index is -0.487. The number of esters is 1. The molecule has 25 heavy (non-hydrogen) atoms. The van der Waals surface area contributed by atoms with Crippen molar-refractivity contribution < 1.29 is 19.1 Å². The van der Waals surface area contributed by atoms with Gasteiger partial charge in [0.2, 0.25) is 0 Å². The first-order valence-electron chi connectivity index (χ1n) is 7.77. The van der Waals surface area contributed by atoms with Crippen LogP contribution in [0.25, 0.3) is 10.8 Å². The maximum atomic E-state index is 12.9. The number of ether oxygens (including phenoxy) is 2. The Kier molecular flexibility index (Phi) is 5.00. The third-order valence-electron chi connectivity index (χ3n) is 3.72. The number of rotatable bonds is 5. The number of thiophene rings is 1. The third-order valence-corrected chi connectivity index (χ3v) is 4.55. The monoisotopic (exact) mass is 355 g/mol. The summed E-state index contributed by atoms with van der Waals surface area (Å²) in [4.78, 5) is 24.8. The van der Waals surface area contributed by atoms with Crippen molar-refractivity contribution in [3.63, 3.8) is 0 Å². The molecule has 3 aromatic rings. The molecule has 0 aliphatic rings. The predicted octanol–water partition coefficient (Wildman–Crippen LogP) is 4.34. The molecule has 0 bridgehead atoms. The summed E-state index contributed by atoms with van der Waals surface area (Å²) in [6, 6.07) is 12.9. The quantitative estimate of drug-likeness (QED) is 0.692. The molecule has 0 atom stereocenters. The van der Waals surface area contributed by atoms with E-state index in [0.29, 0.717) is 28.5 Å². The van der Waals surface area contributed by atoms with Gasteiger partial charge in [0.1, 0.15) is 10.8 Å². The van der Waals surface area contributed by atoms with Crippen LogP contribution in [-0.2, 0) is 4.74 Å². The van der Waals surface area contributed by atoms with Gasteiger partial charge in [-0.1, -0.05) is 30.3 Å². The first kappa shape index (κ1) is 17.0. The number of amides is 1. The second kappa shape index (κ2) is 7.36. The van der Waals surface area contributed by atoms with Crippen LogP contribution in [0.3, 0.4) is 0 Å². The summed E-state index contributed by atoms with van der Waals surface area (Å²) >= 11 is 1.27. The van der Waals surface area contributed by atoms with Crippen LogP contribution < -0.4 is 10.1 Å². The SMILES string of the molecule is CCOc1ccc2ccccc2c1C(=O)Nc1sccc1C(=O)OC. The summed E-state index contributed by atoms with van der Waals surface area (Å²) in [6.45, 7) is 2.32. The zero-order chi connectivity index (χ0) is 17.8. The molecule has 1 heterocycles. The number of hydrogen-bond donors (Lipinski definition) is 1. The van der Waals surface area contributed by atoms with Crippen LogP contribution in [-0.4, -0.2) is 25.6 Å². The highest BCUT2D eigenvalue weighted by Gasteiger charge is 2.20. The van der Waals surface area contributed by atoms with Crippen molar-refractivity contribution in [3.05, 3.63) is 59.0 Å². The van der Waals surface area contributed by atoms with E-state index < -0.39 is 5.97 Å². The lowest BCUT2D eigenvalue weighted by atomic mass is 10.0. The highest BCUT2D eigenvalue weighted by atomic mass is 32.1. The zero-order valence-corrected chi connectivity index (χ0v) is 14.7. The number of methoxy groups -OCH3 is 1. The highest BCUT2D eigenvalue weighted by molar-refractivity contribution is 7.14. The molecule has 0 saturated carbocycles. The Labute approximate surface area is 149 Å². The minimum Gasteiger partial charge on any atom is -0.493 e. The zero-order valence-electron chi connectivity index (χ0n) is 13.9. The number of anilines is 1. The van der Waals surface area contributed by atoms with Crippen molar-refractivity contribution >= 4 is 39.0 Å². The van der Waals surface area contributed by atoms with Crippen LogP contribution >= 0.6 is 11.3 Å². The van der Waals surface area contributed by atoms with Gasteiger partial charge in [-0.05, 0) is 35.2 Å². The summed E-state index contributed by atoms with van der Waals surface area (Å²) in [5, 5.41) is 6.73. The summed E-state index contributed by atoms with van der Waals surface area (Å²) in [6.07, 6.45) is 0. The Morgan fingerprint density at radius 2 is 1.92 bits per heavy atom. The van der Waals surface area contributed by atoms with Crippen molar-refractivity contribution in [3.8, 4) is 5.75 Å². The number of nitrogens with one attached hydrogen (secondary N) is 1. The Balaban J connectivity index is 2.03. The van der Waals surface area contributed by atoms with Crippen molar-refractivity contribution in [1.29, 1.82) is 0 Å². The topological polar surface area (TPSA) is 64.6 Å². The Morgan fingerprint density at radius 1 is 1.12 bits per heavy atom. The van der Waals surface area contributed by atoms with Crippen LogP contribution in [0.15, 0.2) is 47.8 Å². The maximum Gasteiger partial charge on any atom is 0.340 e. The van der Waals surface area contributed by atoms with Gasteiger partial charge in [0, 0.05) is 0 Å². The second-order valence-corrected chi connectivity index (χ2v) is 6.12. The summed E-state index contributed by atoms with van der Waals surface area (Å²) < 4.78 is 10.4. The Morgan fingerprint density at radius 3 is 2.68 bits per heavy atom. The number of hydrogen-bond acceptors (Lipinski definition) is 5. The van der Waals surface area contributed by atoms with Crippen LogP contribution in [0.1, 0.15) is 27.6 Å². The van der Waals surface area contributed by atoms with E-state index in [4.69, 9.17) is 9.47 Å². The molecule has 0 fully saturated rings. The number of benzene rings is 2. The molecule has 1 N–H and O–H groups in total. The fourth-order valence-electron chi connectivity index (χ4n) is 2.60. The average Bonchev–Trinajstić information content (AvgIpc) is 3.09. The first-order chi connectivity index (χ1) is 12.2. The van der Waals surface area contributed by atoms with Crippen LogP contribution in [0.4, 0.5) is 5.00 Å². The molecule has 5 nitrogen and oxygen atoms in total. The van der Waals surface area contributed by atoms with Crippen molar-refractivity contribution in [2.45, 2.75) is 6.92 Å². The molecule has 0 aliphatic heterocycles. The van der Waals surface area contributed by atoms with E-state index in [2.05, 4.69) is 5.32 Å². The molecule has 0 aliphatic carbocycles.